The van der Waals surface area contributed by atoms with Crippen molar-refractivity contribution >= 4 is 51.7 Å². The highest BCUT2D eigenvalue weighted by Crippen LogP contribution is 2.34. The van der Waals surface area contributed by atoms with E-state index in [1.807, 2.05) is 25.1 Å². The fourth-order valence-corrected chi connectivity index (χ4v) is 5.63. The van der Waals surface area contributed by atoms with Crippen molar-refractivity contribution in [2.24, 2.45) is 11.8 Å². The van der Waals surface area contributed by atoms with Crippen molar-refractivity contribution < 1.29 is 4.79 Å². The van der Waals surface area contributed by atoms with Gasteiger partial charge in [-0.2, -0.15) is 0 Å². The van der Waals surface area contributed by atoms with Gasteiger partial charge >= 0.3 is 0 Å². The van der Waals surface area contributed by atoms with Crippen LogP contribution in [0.2, 0.25) is 0 Å². The molecule has 0 unspecified atom stereocenters. The van der Waals surface area contributed by atoms with Crippen molar-refractivity contribution in [3.8, 4) is 0 Å². The van der Waals surface area contributed by atoms with Crippen LogP contribution in [0, 0.1) is 11.8 Å². The average Bonchev–Trinajstić information content (AvgIpc) is 2.97. The molecule has 0 saturated carbocycles. The number of carbonyl (C=O) groups is 1. The van der Waals surface area contributed by atoms with E-state index in [9.17, 15) is 9.59 Å². The number of hydrogen-bond acceptors (Lipinski definition) is 6. The van der Waals surface area contributed by atoms with E-state index < -0.39 is 0 Å². The third-order valence-corrected chi connectivity index (χ3v) is 6.89. The standard InChI is InChI=1S/C22H26N4O2S2/c1-4-8-26-21(28)17(30-22(26)29)11-16-19(24-12-14(2)10-15(3)13-24)23-18-7-5-6-9-25(18)20(16)27/h5-7,9,11,14-15H,4,8,10,12-13H2,1-3H3/b17-11-/t14-,15-/m1/s1. The van der Waals surface area contributed by atoms with Crippen LogP contribution in [0.15, 0.2) is 34.1 Å². The summed E-state index contributed by atoms with van der Waals surface area (Å²) in [5.41, 5.74) is 0.901. The molecule has 0 spiro atoms. The van der Waals surface area contributed by atoms with E-state index in [1.165, 1.54) is 11.8 Å². The van der Waals surface area contributed by atoms with Gasteiger partial charge in [-0.25, -0.2) is 4.98 Å². The molecule has 6 nitrogen and oxygen atoms in total. The fourth-order valence-electron chi connectivity index (χ4n) is 4.34. The van der Waals surface area contributed by atoms with Crippen molar-refractivity contribution in [1.29, 1.82) is 0 Å². The summed E-state index contributed by atoms with van der Waals surface area (Å²) in [5.74, 6) is 1.56. The lowest BCUT2D eigenvalue weighted by molar-refractivity contribution is -0.122. The summed E-state index contributed by atoms with van der Waals surface area (Å²) >= 11 is 6.65. The lowest BCUT2D eigenvalue weighted by Gasteiger charge is -2.36. The molecular weight excluding hydrogens is 416 g/mol. The molecule has 0 aromatic carbocycles. The second-order valence-corrected chi connectivity index (χ2v) is 9.94. The number of thioether (sulfide) groups is 1. The number of anilines is 1. The van der Waals surface area contributed by atoms with Crippen LogP contribution in [0.1, 0.15) is 39.2 Å². The minimum atomic E-state index is -0.165. The topological polar surface area (TPSA) is 57.9 Å². The van der Waals surface area contributed by atoms with Crippen LogP contribution < -0.4 is 10.5 Å². The smallest absolute Gasteiger partial charge is 0.267 e. The van der Waals surface area contributed by atoms with E-state index in [0.717, 1.165) is 25.9 Å². The molecule has 4 heterocycles. The van der Waals surface area contributed by atoms with Gasteiger partial charge in [-0.05, 0) is 42.9 Å². The Morgan fingerprint density at radius 1 is 1.23 bits per heavy atom. The van der Waals surface area contributed by atoms with Crippen LogP contribution in [0.5, 0.6) is 0 Å². The molecule has 2 atom stereocenters. The molecule has 30 heavy (non-hydrogen) atoms. The molecule has 0 bridgehead atoms. The van der Waals surface area contributed by atoms with Gasteiger partial charge in [0.1, 0.15) is 15.8 Å². The molecule has 158 valence electrons. The maximum atomic E-state index is 13.4. The third-order valence-electron chi connectivity index (χ3n) is 5.51. The summed E-state index contributed by atoms with van der Waals surface area (Å²) in [4.78, 5) is 35.5. The van der Waals surface area contributed by atoms with Crippen LogP contribution in [0.4, 0.5) is 5.82 Å². The molecule has 2 aromatic rings. The molecule has 0 aliphatic carbocycles. The summed E-state index contributed by atoms with van der Waals surface area (Å²) < 4.78 is 2.09. The summed E-state index contributed by atoms with van der Waals surface area (Å²) in [6.45, 7) is 8.75. The summed E-state index contributed by atoms with van der Waals surface area (Å²) in [6.07, 6.45) is 5.40. The number of hydrogen-bond donors (Lipinski definition) is 0. The van der Waals surface area contributed by atoms with Gasteiger partial charge in [0, 0.05) is 25.8 Å². The Hall–Kier alpha value is -2.19. The predicted octanol–water partition coefficient (Wildman–Crippen LogP) is 3.79. The summed E-state index contributed by atoms with van der Waals surface area (Å²) in [6, 6.07) is 5.53. The van der Waals surface area contributed by atoms with Gasteiger partial charge in [-0.1, -0.05) is 50.8 Å². The zero-order valence-corrected chi connectivity index (χ0v) is 19.1. The normalized spacial score (nSPS) is 23.8. The maximum absolute atomic E-state index is 13.4. The number of aromatic nitrogens is 2. The number of thiocarbonyl (C=S) groups is 1. The number of nitrogens with zero attached hydrogens (tertiary/aromatic N) is 4. The zero-order valence-electron chi connectivity index (χ0n) is 17.5. The van der Waals surface area contributed by atoms with Gasteiger partial charge in [0.25, 0.3) is 11.5 Å². The van der Waals surface area contributed by atoms with Crippen molar-refractivity contribution in [3.05, 3.63) is 45.2 Å². The monoisotopic (exact) mass is 442 g/mol. The SMILES string of the molecule is CCCN1C(=O)/C(=C/c2c(N3C[C@H](C)C[C@@H](C)C3)nc3ccccn3c2=O)SC1=S. The fraction of sp³-hybridized carbons (Fsp3) is 0.455. The second kappa shape index (κ2) is 8.51. The van der Waals surface area contributed by atoms with Gasteiger partial charge in [-0.15, -0.1) is 0 Å². The van der Waals surface area contributed by atoms with E-state index in [0.29, 0.717) is 44.6 Å². The first-order chi connectivity index (χ1) is 14.4. The lowest BCUT2D eigenvalue weighted by atomic mass is 9.91. The average molecular weight is 443 g/mol. The zero-order chi connectivity index (χ0) is 21.4. The Morgan fingerprint density at radius 3 is 2.67 bits per heavy atom. The van der Waals surface area contributed by atoms with Gasteiger partial charge in [0.15, 0.2) is 0 Å². The summed E-state index contributed by atoms with van der Waals surface area (Å²) in [7, 11) is 0. The van der Waals surface area contributed by atoms with E-state index >= 15 is 0 Å². The van der Waals surface area contributed by atoms with Gasteiger partial charge in [0.05, 0.1) is 10.5 Å². The quantitative estimate of drug-likeness (QED) is 0.530. The molecule has 4 rings (SSSR count). The Balaban J connectivity index is 1.86. The number of pyridine rings is 1. The van der Waals surface area contributed by atoms with Crippen molar-refractivity contribution in [1.82, 2.24) is 14.3 Å². The molecular formula is C22H26N4O2S2. The molecule has 2 aromatic heterocycles. The number of rotatable bonds is 4. The Morgan fingerprint density at radius 2 is 1.97 bits per heavy atom. The van der Waals surface area contributed by atoms with E-state index in [2.05, 4.69) is 18.7 Å². The maximum Gasteiger partial charge on any atom is 0.267 e. The first-order valence-electron chi connectivity index (χ1n) is 10.4. The van der Waals surface area contributed by atoms with E-state index in [1.54, 1.807) is 21.6 Å². The van der Waals surface area contributed by atoms with Crippen LogP contribution >= 0.6 is 24.0 Å². The Labute approximate surface area is 186 Å². The third kappa shape index (κ3) is 3.90. The molecule has 2 aliphatic heterocycles. The number of piperidine rings is 1. The molecule has 8 heteroatoms. The highest BCUT2D eigenvalue weighted by molar-refractivity contribution is 8.26. The first kappa shape index (κ1) is 21.1. The molecule has 1 amide bonds. The summed E-state index contributed by atoms with van der Waals surface area (Å²) in [5, 5.41) is 0. The minimum absolute atomic E-state index is 0.129. The number of carbonyl (C=O) groups excluding carboxylic acids is 1. The van der Waals surface area contributed by atoms with E-state index in [-0.39, 0.29) is 11.5 Å². The molecule has 0 radical (unpaired) electrons. The number of fused-ring (bicyclic) bond motifs is 1. The van der Waals surface area contributed by atoms with Crippen LogP contribution in [-0.4, -0.2) is 44.1 Å². The van der Waals surface area contributed by atoms with Crippen LogP contribution in [-0.2, 0) is 4.79 Å². The number of amides is 1. The van der Waals surface area contributed by atoms with Gasteiger partial charge in [0.2, 0.25) is 0 Å². The molecule has 2 saturated heterocycles. The molecule has 0 N–H and O–H groups in total. The molecule has 2 fully saturated rings. The predicted molar refractivity (Wildman–Crippen MR) is 127 cm³/mol. The van der Waals surface area contributed by atoms with Crippen molar-refractivity contribution in [3.63, 3.8) is 0 Å². The first-order valence-corrected chi connectivity index (χ1v) is 11.6. The van der Waals surface area contributed by atoms with E-state index in [4.69, 9.17) is 17.2 Å². The van der Waals surface area contributed by atoms with Gasteiger partial charge in [-0.3, -0.25) is 18.9 Å². The molecule has 2 aliphatic rings. The Kier molecular flexibility index (Phi) is 5.97. The largest absolute Gasteiger partial charge is 0.355 e. The highest BCUT2D eigenvalue weighted by Gasteiger charge is 2.33. The van der Waals surface area contributed by atoms with Crippen molar-refractivity contribution in [2.75, 3.05) is 24.5 Å². The minimum Gasteiger partial charge on any atom is -0.355 e. The Bertz CT molecular complexity index is 1080. The highest BCUT2D eigenvalue weighted by atomic mass is 32.2. The van der Waals surface area contributed by atoms with Crippen LogP contribution in [0.25, 0.3) is 11.7 Å². The second-order valence-electron chi connectivity index (χ2n) is 8.27. The van der Waals surface area contributed by atoms with Crippen molar-refractivity contribution in [2.45, 2.75) is 33.6 Å². The van der Waals surface area contributed by atoms with Crippen LogP contribution in [0.3, 0.4) is 0 Å². The lowest BCUT2D eigenvalue weighted by Crippen LogP contribution is -2.40. The van der Waals surface area contributed by atoms with Gasteiger partial charge < -0.3 is 4.90 Å².